The van der Waals surface area contributed by atoms with Crippen molar-refractivity contribution < 1.29 is 19.0 Å². The summed E-state index contributed by atoms with van der Waals surface area (Å²) in [6.07, 6.45) is 0.892. The summed E-state index contributed by atoms with van der Waals surface area (Å²) in [6.45, 7) is 6.32. The number of anilines is 1. The number of amides is 1. The molecule has 6 nitrogen and oxygen atoms in total. The number of nitrogens with zero attached hydrogens (tertiary/aromatic N) is 1. The molecule has 2 aromatic carbocycles. The molecular weight excluding hydrogens is 356 g/mol. The van der Waals surface area contributed by atoms with Gasteiger partial charge >= 0.3 is 0 Å². The number of fused-ring (bicyclic) bond motifs is 5. The van der Waals surface area contributed by atoms with Gasteiger partial charge in [-0.2, -0.15) is 0 Å². The second kappa shape index (κ2) is 6.41. The minimum Gasteiger partial charge on any atom is -0.491 e. The van der Waals surface area contributed by atoms with Gasteiger partial charge in [-0.25, -0.2) is 0 Å². The Balaban J connectivity index is 1.53. The molecule has 0 aromatic heterocycles. The molecule has 1 unspecified atom stereocenters. The first-order valence-electron chi connectivity index (χ1n) is 9.83. The Bertz CT molecular complexity index is 942. The van der Waals surface area contributed by atoms with Crippen LogP contribution in [0.1, 0.15) is 31.4 Å². The van der Waals surface area contributed by atoms with Gasteiger partial charge in [-0.05, 0) is 30.7 Å². The molecule has 1 atom stereocenters. The fourth-order valence-electron chi connectivity index (χ4n) is 4.41. The summed E-state index contributed by atoms with van der Waals surface area (Å²) >= 11 is 0. The third kappa shape index (κ3) is 2.41. The molecule has 0 radical (unpaired) electrons. The van der Waals surface area contributed by atoms with E-state index in [1.54, 1.807) is 0 Å². The lowest BCUT2D eigenvalue weighted by Crippen LogP contribution is -2.43. The minimum absolute atomic E-state index is 0.0795. The molecule has 5 rings (SSSR count). The fourth-order valence-corrected chi connectivity index (χ4v) is 4.41. The summed E-state index contributed by atoms with van der Waals surface area (Å²) < 4.78 is 17.0. The van der Waals surface area contributed by atoms with Gasteiger partial charge in [0.15, 0.2) is 11.5 Å². The lowest BCUT2D eigenvalue weighted by molar-refractivity contribution is -0.122. The van der Waals surface area contributed by atoms with Crippen LogP contribution in [0.2, 0.25) is 0 Å². The van der Waals surface area contributed by atoms with Crippen LogP contribution in [-0.2, 0) is 10.2 Å². The van der Waals surface area contributed by atoms with E-state index in [4.69, 9.17) is 14.2 Å². The SMILES string of the molecule is CC(C)NCCCN1C(=O)C2(COc3cc4c(cc32)OCO4)c2ccccc21. The summed E-state index contributed by atoms with van der Waals surface area (Å²) in [6, 6.07) is 12.3. The molecule has 3 aliphatic rings. The largest absolute Gasteiger partial charge is 0.491 e. The summed E-state index contributed by atoms with van der Waals surface area (Å²) in [4.78, 5) is 15.6. The maximum atomic E-state index is 13.7. The quantitative estimate of drug-likeness (QED) is 0.809. The van der Waals surface area contributed by atoms with Crippen LogP contribution in [0.25, 0.3) is 0 Å². The van der Waals surface area contributed by atoms with Crippen molar-refractivity contribution in [1.82, 2.24) is 5.32 Å². The van der Waals surface area contributed by atoms with Crippen molar-refractivity contribution in [3.8, 4) is 17.2 Å². The standard InChI is InChI=1S/C22H24N2O4/c1-14(2)23-8-5-9-24-17-7-4-3-6-15(17)22(21(24)25)12-26-18-11-20-19(10-16(18)22)27-13-28-20/h3-4,6-7,10-11,14,23H,5,8-9,12-13H2,1-2H3. The van der Waals surface area contributed by atoms with Crippen molar-refractivity contribution >= 4 is 11.6 Å². The Hall–Kier alpha value is -2.73. The zero-order chi connectivity index (χ0) is 19.3. The highest BCUT2D eigenvalue weighted by Crippen LogP contribution is 2.54. The monoisotopic (exact) mass is 380 g/mol. The first kappa shape index (κ1) is 17.4. The van der Waals surface area contributed by atoms with Crippen molar-refractivity contribution in [2.75, 3.05) is 31.4 Å². The van der Waals surface area contributed by atoms with E-state index in [1.165, 1.54) is 0 Å². The van der Waals surface area contributed by atoms with Crippen molar-refractivity contribution in [2.45, 2.75) is 31.7 Å². The number of hydrogen-bond donors (Lipinski definition) is 1. The highest BCUT2D eigenvalue weighted by atomic mass is 16.7. The van der Waals surface area contributed by atoms with Crippen molar-refractivity contribution in [3.63, 3.8) is 0 Å². The van der Waals surface area contributed by atoms with E-state index in [2.05, 4.69) is 19.2 Å². The minimum atomic E-state index is -0.807. The van der Waals surface area contributed by atoms with Gasteiger partial charge in [-0.3, -0.25) is 4.79 Å². The van der Waals surface area contributed by atoms with Crippen LogP contribution in [0.5, 0.6) is 17.2 Å². The van der Waals surface area contributed by atoms with E-state index in [0.29, 0.717) is 36.4 Å². The zero-order valence-corrected chi connectivity index (χ0v) is 16.2. The van der Waals surface area contributed by atoms with Gasteiger partial charge in [0.2, 0.25) is 12.7 Å². The van der Waals surface area contributed by atoms with Crippen LogP contribution in [0.15, 0.2) is 36.4 Å². The smallest absolute Gasteiger partial charge is 0.245 e. The maximum Gasteiger partial charge on any atom is 0.245 e. The summed E-state index contributed by atoms with van der Waals surface area (Å²) in [5, 5.41) is 3.42. The molecule has 3 aliphatic heterocycles. The Labute approximate surface area is 164 Å². The average molecular weight is 380 g/mol. The highest BCUT2D eigenvalue weighted by molar-refractivity contribution is 6.11. The number of rotatable bonds is 5. The first-order chi connectivity index (χ1) is 13.6. The van der Waals surface area contributed by atoms with Crippen LogP contribution in [0.3, 0.4) is 0 Å². The number of benzene rings is 2. The molecule has 0 bridgehead atoms. The van der Waals surface area contributed by atoms with E-state index in [0.717, 1.165) is 29.8 Å². The molecular formula is C22H24N2O4. The number of nitrogens with one attached hydrogen (secondary N) is 1. The zero-order valence-electron chi connectivity index (χ0n) is 16.2. The van der Waals surface area contributed by atoms with E-state index < -0.39 is 5.41 Å². The van der Waals surface area contributed by atoms with Gasteiger partial charge in [-0.1, -0.05) is 32.0 Å². The summed E-state index contributed by atoms with van der Waals surface area (Å²) in [7, 11) is 0. The van der Waals surface area contributed by atoms with E-state index in [1.807, 2.05) is 41.3 Å². The lowest BCUT2D eigenvalue weighted by Gasteiger charge is -2.23. The van der Waals surface area contributed by atoms with Crippen LogP contribution in [0, 0.1) is 0 Å². The highest BCUT2D eigenvalue weighted by Gasteiger charge is 2.57. The van der Waals surface area contributed by atoms with Gasteiger partial charge in [0.05, 0.1) is 0 Å². The Morgan fingerprint density at radius 3 is 2.68 bits per heavy atom. The van der Waals surface area contributed by atoms with Crippen molar-refractivity contribution in [2.24, 2.45) is 0 Å². The first-order valence-corrected chi connectivity index (χ1v) is 9.83. The predicted molar refractivity (Wildman–Crippen MR) is 105 cm³/mol. The lowest BCUT2D eigenvalue weighted by atomic mass is 9.77. The molecule has 146 valence electrons. The van der Waals surface area contributed by atoms with Gasteiger partial charge in [0, 0.05) is 29.9 Å². The number of ether oxygens (including phenoxy) is 3. The summed E-state index contributed by atoms with van der Waals surface area (Å²) in [5.74, 6) is 2.13. The fraction of sp³-hybridized carbons (Fsp3) is 0.409. The van der Waals surface area contributed by atoms with Gasteiger partial charge in [0.1, 0.15) is 17.8 Å². The molecule has 0 aliphatic carbocycles. The molecule has 6 heteroatoms. The van der Waals surface area contributed by atoms with Crippen LogP contribution in [0.4, 0.5) is 5.69 Å². The van der Waals surface area contributed by atoms with E-state index >= 15 is 0 Å². The van der Waals surface area contributed by atoms with Crippen molar-refractivity contribution in [1.29, 1.82) is 0 Å². The van der Waals surface area contributed by atoms with Crippen LogP contribution < -0.4 is 24.4 Å². The number of para-hydroxylation sites is 1. The molecule has 1 N–H and O–H groups in total. The van der Waals surface area contributed by atoms with Crippen LogP contribution in [-0.4, -0.2) is 38.4 Å². The number of hydrogen-bond acceptors (Lipinski definition) is 5. The van der Waals surface area contributed by atoms with E-state index in [-0.39, 0.29) is 12.7 Å². The van der Waals surface area contributed by atoms with Crippen LogP contribution >= 0.6 is 0 Å². The van der Waals surface area contributed by atoms with Crippen molar-refractivity contribution in [3.05, 3.63) is 47.5 Å². The Morgan fingerprint density at radius 1 is 1.07 bits per heavy atom. The van der Waals surface area contributed by atoms with Gasteiger partial charge < -0.3 is 24.4 Å². The normalized spacial score (nSPS) is 21.4. The summed E-state index contributed by atoms with van der Waals surface area (Å²) in [5.41, 5.74) is 2.05. The molecule has 0 saturated carbocycles. The molecule has 1 amide bonds. The predicted octanol–water partition coefficient (Wildman–Crippen LogP) is 2.83. The maximum absolute atomic E-state index is 13.7. The molecule has 3 heterocycles. The molecule has 0 fully saturated rings. The average Bonchev–Trinajstić information content (AvgIpc) is 3.35. The molecule has 1 spiro atoms. The molecule has 0 saturated heterocycles. The number of carbonyl (C=O) groups is 1. The topological polar surface area (TPSA) is 60.0 Å². The third-order valence-electron chi connectivity index (χ3n) is 5.75. The molecule has 28 heavy (non-hydrogen) atoms. The number of carbonyl (C=O) groups excluding carboxylic acids is 1. The van der Waals surface area contributed by atoms with E-state index in [9.17, 15) is 4.79 Å². The third-order valence-corrected chi connectivity index (χ3v) is 5.75. The Kier molecular flexibility index (Phi) is 3.98. The Morgan fingerprint density at radius 2 is 1.86 bits per heavy atom. The van der Waals surface area contributed by atoms with Gasteiger partial charge in [0.25, 0.3) is 0 Å². The second-order valence-corrected chi connectivity index (χ2v) is 7.83. The van der Waals surface area contributed by atoms with Gasteiger partial charge in [-0.15, -0.1) is 0 Å². The molecule has 2 aromatic rings. The second-order valence-electron chi connectivity index (χ2n) is 7.83.